The second kappa shape index (κ2) is 56.1. The van der Waals surface area contributed by atoms with Crippen LogP contribution in [0, 0.1) is 20.8 Å². The first kappa shape index (κ1) is 109. The second-order valence-corrected chi connectivity index (χ2v) is 34.6. The predicted molar refractivity (Wildman–Crippen MR) is 500 cm³/mol. The molecule has 746 valence electrons. The number of carboxylic acids is 4. The summed E-state index contributed by atoms with van der Waals surface area (Å²) in [4.78, 5) is 228. The third kappa shape index (κ3) is 38.0. The van der Waals surface area contributed by atoms with Crippen molar-refractivity contribution in [1.29, 1.82) is 0 Å². The zero-order valence-electron chi connectivity index (χ0n) is 77.2. The Kier molecular flexibility index (Phi) is 44.6. The van der Waals surface area contributed by atoms with Crippen LogP contribution in [0.3, 0.4) is 0 Å². The predicted octanol–water partition coefficient (Wildman–Crippen LogP) is -1.64. The van der Waals surface area contributed by atoms with E-state index in [4.69, 9.17) is 15.2 Å². The molecule has 3 aromatic carbocycles. The van der Waals surface area contributed by atoms with Gasteiger partial charge < -0.3 is 113 Å². The number of nitrogens with one attached hydrogen (secondary N) is 14. The number of carbonyl (C=O) groups is 14. The summed E-state index contributed by atoms with van der Waals surface area (Å²) in [5, 5.41) is 70.0. The van der Waals surface area contributed by atoms with E-state index in [9.17, 15) is 106 Å². The second-order valence-electron chi connectivity index (χ2n) is 33.0. The highest BCUT2D eigenvalue weighted by atomic mass is 32.2. The van der Waals surface area contributed by atoms with E-state index in [0.29, 0.717) is 59.9 Å². The smallest absolute Gasteiger partial charge is 0.323 e. The quantitative estimate of drug-likeness (QED) is 0.0150. The van der Waals surface area contributed by atoms with Gasteiger partial charge in [-0.1, -0.05) is 29.8 Å². The van der Waals surface area contributed by atoms with Crippen LogP contribution in [0.4, 0.5) is 11.9 Å². The number of carbonyl (C=O) groups excluding carboxylic acids is 10. The zero-order chi connectivity index (χ0) is 99.5. The summed E-state index contributed by atoms with van der Waals surface area (Å²) < 4.78 is 44.0. The van der Waals surface area contributed by atoms with Gasteiger partial charge in [0.05, 0.1) is 54.8 Å². The van der Waals surface area contributed by atoms with Crippen LogP contribution in [0.2, 0.25) is 0 Å². The van der Waals surface area contributed by atoms with Crippen molar-refractivity contribution in [1.82, 2.24) is 101 Å². The summed E-state index contributed by atoms with van der Waals surface area (Å²) in [6, 6.07) is 9.33. The molecule has 0 spiro atoms. The number of aryl methyl sites for hydroxylation is 5. The van der Waals surface area contributed by atoms with Crippen molar-refractivity contribution in [3.8, 4) is 0 Å². The Morgan fingerprint density at radius 3 is 1.27 bits per heavy atom. The van der Waals surface area contributed by atoms with Crippen LogP contribution in [-0.2, 0) is 103 Å². The summed E-state index contributed by atoms with van der Waals surface area (Å²) in [7, 11) is -4.40. The highest BCUT2D eigenvalue weighted by molar-refractivity contribution is 7.89. The average Bonchev–Trinajstić information content (AvgIpc) is 1.74. The lowest BCUT2D eigenvalue weighted by Gasteiger charge is -2.33. The molecule has 137 heavy (non-hydrogen) atoms. The molecular formula is C89H125N23O24S. The minimum absolute atomic E-state index is 0.0300. The average molecular weight is 1930 g/mol. The largest absolute Gasteiger partial charge is 0.480 e. The monoisotopic (exact) mass is 1930 g/mol. The summed E-state index contributed by atoms with van der Waals surface area (Å²) in [6.45, 7) is 6.67. The van der Waals surface area contributed by atoms with Crippen molar-refractivity contribution >= 4 is 127 Å². The molecule has 0 bridgehead atoms. The number of ketones is 1. The molecule has 48 heteroatoms. The molecular weight excluding hydrogens is 1810 g/mol. The molecule has 4 aromatic heterocycles. The number of carboxylic acid groups (broad SMARTS) is 4. The van der Waals surface area contributed by atoms with E-state index in [2.05, 4.69) is 83.1 Å². The number of H-pyrrole nitrogens is 2. The van der Waals surface area contributed by atoms with Crippen LogP contribution in [0.1, 0.15) is 126 Å². The molecule has 1 aliphatic heterocycles. The van der Waals surface area contributed by atoms with Gasteiger partial charge in [0.2, 0.25) is 62.2 Å². The fraction of sp³-hybridized carbons (Fsp3) is 0.506. The van der Waals surface area contributed by atoms with Crippen LogP contribution in [-0.4, -0.2) is 329 Å². The number of nitrogens with zero attached hydrogens (tertiary/aromatic N) is 8. The lowest BCUT2D eigenvalue weighted by molar-refractivity contribution is -0.140. The normalized spacial score (nSPS) is 13.7. The molecule has 8 rings (SSSR count). The topological polar surface area (TPSA) is 657 Å². The Hall–Kier alpha value is -13.5. The van der Waals surface area contributed by atoms with Crippen LogP contribution in [0.15, 0.2) is 100 Å². The lowest BCUT2D eigenvalue weighted by Crippen LogP contribution is -2.52. The number of amides is 9. The van der Waals surface area contributed by atoms with E-state index >= 15 is 0 Å². The van der Waals surface area contributed by atoms with Gasteiger partial charge in [0.1, 0.15) is 35.7 Å². The SMILES string of the molecule is CC(=O)[C@@H](N)CNC(=O)c1cn(CCCNC(=O)CCC(=O)NCCCOCNC(=O)[C@H](CCC(=O)NCCCOCCCNC(=O)CCC(=O)NCCCn2cc(C(=O)NC[C@H](NS(=O)(=O)c3c(C)cc(C)cc3C)C(=O)O)c(=O)c3ccc(CNc4ncc[nH]4)cc32)NC(=O)CN2CCN(CC(=O)O)CCN(CC(=O)O)CCN(CC(=O)O)CC2)c2cc(CNc3ncc[nH]3)ccc2c1=O. The number of sulfonamides is 1. The molecule has 3 atom stereocenters. The first-order valence-corrected chi connectivity index (χ1v) is 46.5. The number of imidazole rings is 2. The van der Waals surface area contributed by atoms with Gasteiger partial charge in [-0.05, 0) is 113 Å². The van der Waals surface area contributed by atoms with Gasteiger partial charge in [0.15, 0.2) is 11.9 Å². The molecule has 0 aliphatic carbocycles. The fourth-order valence-corrected chi connectivity index (χ4v) is 16.5. The van der Waals surface area contributed by atoms with Crippen molar-refractivity contribution in [3.05, 3.63) is 145 Å². The fourth-order valence-electron chi connectivity index (χ4n) is 14.9. The Labute approximate surface area is 789 Å². The number of rotatable bonds is 58. The van der Waals surface area contributed by atoms with Crippen molar-refractivity contribution in [3.63, 3.8) is 0 Å². The molecule has 47 nitrogen and oxygen atoms in total. The van der Waals surface area contributed by atoms with Gasteiger partial charge in [0, 0.05) is 218 Å². The van der Waals surface area contributed by atoms with E-state index in [0.717, 1.165) is 16.7 Å². The van der Waals surface area contributed by atoms with Crippen molar-refractivity contribution in [2.45, 2.75) is 148 Å². The van der Waals surface area contributed by atoms with Crippen LogP contribution in [0.5, 0.6) is 0 Å². The minimum atomic E-state index is -4.40. The number of benzene rings is 3. The number of aliphatic carboxylic acids is 4. The van der Waals surface area contributed by atoms with Crippen molar-refractivity contribution < 1.29 is 105 Å². The van der Waals surface area contributed by atoms with Crippen LogP contribution in [0.25, 0.3) is 21.8 Å². The first-order chi connectivity index (χ1) is 65.5. The number of nitrogens with two attached hydrogens (primary N) is 1. The van der Waals surface area contributed by atoms with E-state index in [1.165, 1.54) is 19.3 Å². The molecule has 0 saturated carbocycles. The zero-order valence-corrected chi connectivity index (χ0v) is 78.0. The summed E-state index contributed by atoms with van der Waals surface area (Å²) >= 11 is 0. The molecule has 5 heterocycles. The third-order valence-electron chi connectivity index (χ3n) is 22.0. The summed E-state index contributed by atoms with van der Waals surface area (Å²) in [6.07, 6.45) is 9.80. The first-order valence-electron chi connectivity index (χ1n) is 45.0. The van der Waals surface area contributed by atoms with Gasteiger partial charge in [-0.15, -0.1) is 0 Å². The Balaban J connectivity index is 0.757. The molecule has 1 fully saturated rings. The van der Waals surface area contributed by atoms with E-state index < -0.39 is 136 Å². The highest BCUT2D eigenvalue weighted by Crippen LogP contribution is 2.24. The maximum atomic E-state index is 14.0. The Bertz CT molecular complexity index is 5510. The maximum Gasteiger partial charge on any atom is 0.323 e. The van der Waals surface area contributed by atoms with Crippen LogP contribution < -0.4 is 79.8 Å². The number of pyridine rings is 2. The Morgan fingerprint density at radius 1 is 0.482 bits per heavy atom. The van der Waals surface area contributed by atoms with Gasteiger partial charge in [-0.3, -0.25) is 96.3 Å². The minimum Gasteiger partial charge on any atom is -0.480 e. The summed E-state index contributed by atoms with van der Waals surface area (Å²) in [5.41, 5.74) is 8.16. The van der Waals surface area contributed by atoms with Gasteiger partial charge in [-0.2, -0.15) is 4.72 Å². The summed E-state index contributed by atoms with van der Waals surface area (Å²) in [5.74, 6) is -9.53. The number of hydrogen-bond acceptors (Lipinski definition) is 29. The van der Waals surface area contributed by atoms with E-state index in [-0.39, 0.29) is 235 Å². The number of hydrogen-bond donors (Lipinski definition) is 19. The molecule has 1 aliphatic rings. The lowest BCUT2D eigenvalue weighted by atomic mass is 10.1. The van der Waals surface area contributed by atoms with Gasteiger partial charge in [-0.25, -0.2) is 18.4 Å². The number of fused-ring (bicyclic) bond motifs is 2. The molecule has 0 radical (unpaired) electrons. The van der Waals surface area contributed by atoms with Crippen molar-refractivity contribution in [2.75, 3.05) is 162 Å². The van der Waals surface area contributed by atoms with E-state index in [1.807, 2.05) is 0 Å². The number of aromatic amines is 2. The number of Topliss-reactive ketones (excluding diaryl/α,β-unsaturated/α-hetero) is 1. The Morgan fingerprint density at radius 2 is 0.876 bits per heavy atom. The number of anilines is 2. The standard InChI is InChI=1S/C89H125N23O24S/c1-57-42-58(2)83(59(3)43-57)137(133,134)106-69(87(131)132)49-101-85(129)66-51-112(71-45-62(11-13-64(71)82(66)127)47-103-89-98-27-28-99-89)30-6-21-92-73(115)16-18-75(117)94-23-8-40-135-39-7-22-93-72(114)15-14-68(105-77(119)52-107-31-33-108(53-78(120)121)35-37-110(55-80(124)125)38-36-109(34-32-107)54-79(122)123)86(130)104-56-136-41-9-24-95-76(118)19-17-74(116)91-20-5-29-111-50-65(84(128)100-48-67(90)60(4)113)81(126)63-12-10-61(44-70(63)111)46-102-88-96-25-26-97-88/h10-13,25-28,42-45,50-51,67-69,106H,5-9,14-24,29-41,46-49,52-56,90H2,1-4H3,(H,91,116)(H,92,115)(H,93,114)(H,94,117)(H,95,118)(H,100,128)(H,101,129)(H,104,130)(H,105,119)(H,120,121)(H,122,123)(H,124,125)(H,131,132)(H2,96,97,102)(H2,98,99,103)/t67-,68-,69-/m0/s1. The van der Waals surface area contributed by atoms with Crippen LogP contribution >= 0.6 is 0 Å². The van der Waals surface area contributed by atoms with Crippen molar-refractivity contribution in [2.24, 2.45) is 5.73 Å². The number of ether oxygens (including phenoxy) is 2. The molecule has 20 N–H and O–H groups in total. The number of aromatic nitrogens is 6. The molecule has 1 saturated heterocycles. The molecule has 9 amide bonds. The van der Waals surface area contributed by atoms with E-state index in [1.54, 1.807) is 123 Å². The third-order valence-corrected chi connectivity index (χ3v) is 23.8. The van der Waals surface area contributed by atoms with Gasteiger partial charge in [0.25, 0.3) is 11.8 Å². The maximum absolute atomic E-state index is 14.0. The molecule has 0 unspecified atom stereocenters. The molecule has 7 aromatic rings. The van der Waals surface area contributed by atoms with Gasteiger partial charge >= 0.3 is 23.9 Å². The highest BCUT2D eigenvalue weighted by Gasteiger charge is 2.31.